The number of hydrogen-bond donors (Lipinski definition) is 2. The maximum atomic E-state index is 13.3. The van der Waals surface area contributed by atoms with Gasteiger partial charge in [-0.2, -0.15) is 4.31 Å². The van der Waals surface area contributed by atoms with E-state index >= 15 is 0 Å². The van der Waals surface area contributed by atoms with Crippen molar-refractivity contribution < 1.29 is 27.8 Å². The predicted octanol–water partition coefficient (Wildman–Crippen LogP) is 0.167. The number of aryl methyl sites for hydroxylation is 1. The molecule has 3 aliphatic rings. The molecule has 31 heavy (non-hydrogen) atoms. The van der Waals surface area contributed by atoms with Crippen LogP contribution in [0, 0.1) is 0 Å². The maximum absolute atomic E-state index is 13.3. The molecule has 0 bridgehead atoms. The minimum Gasteiger partial charge on any atom is -0.389 e. The van der Waals surface area contributed by atoms with Crippen LogP contribution in [-0.4, -0.2) is 83.4 Å². The van der Waals surface area contributed by atoms with E-state index in [1.54, 1.807) is 11.6 Å². The Labute approximate surface area is 183 Å². The molecule has 10 nitrogen and oxygen atoms in total. The van der Waals surface area contributed by atoms with E-state index in [9.17, 15) is 18.3 Å². The Balaban J connectivity index is 1.46. The first-order valence-electron chi connectivity index (χ1n) is 11.0. The lowest BCUT2D eigenvalue weighted by atomic mass is 9.96. The first-order chi connectivity index (χ1) is 14.8. The Morgan fingerprint density at radius 2 is 2.03 bits per heavy atom. The van der Waals surface area contributed by atoms with E-state index in [-0.39, 0.29) is 49.3 Å². The number of carbonyl (C=O) groups is 1. The van der Waals surface area contributed by atoms with Gasteiger partial charge in [0.1, 0.15) is 0 Å². The molecule has 174 valence electrons. The highest BCUT2D eigenvalue weighted by atomic mass is 32.2. The lowest BCUT2D eigenvalue weighted by molar-refractivity contribution is -0.146. The number of sulfonamides is 1. The van der Waals surface area contributed by atoms with Gasteiger partial charge in [-0.3, -0.25) is 4.79 Å². The van der Waals surface area contributed by atoms with Crippen molar-refractivity contribution in [1.82, 2.24) is 19.2 Å². The number of nitrogens with one attached hydrogen (secondary N) is 1. The summed E-state index contributed by atoms with van der Waals surface area (Å²) < 4.78 is 41.2. The number of rotatable bonds is 5. The van der Waals surface area contributed by atoms with Gasteiger partial charge in [0, 0.05) is 25.8 Å². The van der Waals surface area contributed by atoms with Gasteiger partial charge in [0.25, 0.3) is 10.0 Å². The fourth-order valence-electron chi connectivity index (χ4n) is 4.78. The summed E-state index contributed by atoms with van der Waals surface area (Å²) in [6, 6.07) is -0.231. The molecule has 1 aromatic rings. The van der Waals surface area contributed by atoms with Gasteiger partial charge < -0.3 is 24.5 Å². The molecule has 0 unspecified atom stereocenters. The Morgan fingerprint density at radius 1 is 1.26 bits per heavy atom. The van der Waals surface area contributed by atoms with Crippen LogP contribution in [0.25, 0.3) is 0 Å². The molecule has 2 N–H and O–H groups in total. The summed E-state index contributed by atoms with van der Waals surface area (Å²) in [6.45, 7) is 0.0978. The summed E-state index contributed by atoms with van der Waals surface area (Å²) in [6.07, 6.45) is 6.85. The topological polar surface area (TPSA) is 123 Å². The molecule has 3 heterocycles. The molecule has 1 aliphatic carbocycles. The minimum absolute atomic E-state index is 0.0181. The Hall–Kier alpha value is -1.53. The van der Waals surface area contributed by atoms with Gasteiger partial charge in [-0.1, -0.05) is 12.8 Å². The number of aliphatic hydroxyl groups is 1. The number of amides is 1. The molecule has 4 atom stereocenters. The number of nitrogens with zero attached hydrogens (tertiary/aromatic N) is 3. The number of aromatic nitrogens is 2. The Kier molecular flexibility index (Phi) is 6.97. The second kappa shape index (κ2) is 9.53. The van der Waals surface area contributed by atoms with Crippen molar-refractivity contribution in [1.29, 1.82) is 0 Å². The number of ether oxygens (including phenoxy) is 2. The van der Waals surface area contributed by atoms with Crippen molar-refractivity contribution in [3.8, 4) is 0 Å². The van der Waals surface area contributed by atoms with Crippen molar-refractivity contribution in [2.45, 2.75) is 80.4 Å². The largest absolute Gasteiger partial charge is 0.389 e. The zero-order chi connectivity index (χ0) is 22.0. The summed E-state index contributed by atoms with van der Waals surface area (Å²) in [5.41, 5.74) is 0. The van der Waals surface area contributed by atoms with Gasteiger partial charge in [-0.05, 0) is 25.7 Å². The predicted molar refractivity (Wildman–Crippen MR) is 111 cm³/mol. The summed E-state index contributed by atoms with van der Waals surface area (Å²) in [4.78, 5) is 16.4. The molecule has 1 amide bonds. The smallest absolute Gasteiger partial charge is 0.262 e. The van der Waals surface area contributed by atoms with Crippen molar-refractivity contribution in [3.05, 3.63) is 12.5 Å². The van der Waals surface area contributed by atoms with Gasteiger partial charge in [0.2, 0.25) is 5.91 Å². The van der Waals surface area contributed by atoms with Gasteiger partial charge in [-0.25, -0.2) is 13.4 Å². The monoisotopic (exact) mass is 456 g/mol. The van der Waals surface area contributed by atoms with E-state index in [1.807, 2.05) is 0 Å². The van der Waals surface area contributed by atoms with Gasteiger partial charge in [0.05, 0.1) is 50.3 Å². The summed E-state index contributed by atoms with van der Waals surface area (Å²) in [7, 11) is -2.21. The van der Waals surface area contributed by atoms with Gasteiger partial charge in [0.15, 0.2) is 5.03 Å². The highest BCUT2D eigenvalue weighted by Crippen LogP contribution is 2.31. The van der Waals surface area contributed by atoms with E-state index in [4.69, 9.17) is 9.47 Å². The summed E-state index contributed by atoms with van der Waals surface area (Å²) in [5, 5.41) is 13.3. The van der Waals surface area contributed by atoms with Gasteiger partial charge >= 0.3 is 0 Å². The van der Waals surface area contributed by atoms with Crippen LogP contribution in [0.4, 0.5) is 0 Å². The average Bonchev–Trinajstić information content (AvgIpc) is 3.37. The SMILES string of the molecule is Cn1cnc(S(=O)(=O)N2C[C@@H](O)COC[C@H]3O[C@@H](CC(=O)NC4CCCC4)CC[C@@H]32)c1. The van der Waals surface area contributed by atoms with Crippen LogP contribution in [0.2, 0.25) is 0 Å². The molecule has 2 saturated heterocycles. The van der Waals surface area contributed by atoms with E-state index in [1.165, 1.54) is 16.8 Å². The zero-order valence-electron chi connectivity index (χ0n) is 17.9. The number of imidazole rings is 1. The van der Waals surface area contributed by atoms with E-state index in [2.05, 4.69) is 10.3 Å². The molecule has 3 fully saturated rings. The first-order valence-corrected chi connectivity index (χ1v) is 12.5. The number of carbonyl (C=O) groups excluding carboxylic acids is 1. The molecule has 2 aliphatic heterocycles. The zero-order valence-corrected chi connectivity index (χ0v) is 18.7. The van der Waals surface area contributed by atoms with Crippen LogP contribution in [-0.2, 0) is 31.3 Å². The van der Waals surface area contributed by atoms with Crippen molar-refractivity contribution in [2.75, 3.05) is 19.8 Å². The van der Waals surface area contributed by atoms with Crippen LogP contribution in [0.5, 0.6) is 0 Å². The highest BCUT2D eigenvalue weighted by molar-refractivity contribution is 7.89. The number of fused-ring (bicyclic) bond motifs is 1. The molecular formula is C20H32N4O6S. The third-order valence-electron chi connectivity index (χ3n) is 6.32. The van der Waals surface area contributed by atoms with E-state index < -0.39 is 28.3 Å². The number of β-amino-alcohol motifs (C(OH)–C–C–N with tert-alkyl or cyclic N) is 1. The average molecular weight is 457 g/mol. The maximum Gasteiger partial charge on any atom is 0.262 e. The van der Waals surface area contributed by atoms with Crippen molar-refractivity contribution in [3.63, 3.8) is 0 Å². The van der Waals surface area contributed by atoms with Crippen molar-refractivity contribution >= 4 is 15.9 Å². The number of aliphatic hydroxyl groups excluding tert-OH is 1. The van der Waals surface area contributed by atoms with Crippen molar-refractivity contribution in [2.24, 2.45) is 7.05 Å². The molecule has 11 heteroatoms. The summed E-state index contributed by atoms with van der Waals surface area (Å²) in [5.74, 6) is -0.0181. The van der Waals surface area contributed by atoms with E-state index in [0.717, 1.165) is 25.7 Å². The van der Waals surface area contributed by atoms with Crippen LogP contribution < -0.4 is 5.32 Å². The lowest BCUT2D eigenvalue weighted by Gasteiger charge is -2.43. The fraction of sp³-hybridized carbons (Fsp3) is 0.800. The van der Waals surface area contributed by atoms with Gasteiger partial charge in [-0.15, -0.1) is 0 Å². The fourth-order valence-corrected chi connectivity index (χ4v) is 6.46. The standard InChI is InChI=1S/C20H32N4O6S/c1-23-10-20(21-13-23)31(27,28)24-9-15(25)11-29-12-18-17(24)7-6-16(30-18)8-19(26)22-14-4-2-3-5-14/h10,13-18,25H,2-9,11-12H2,1H3,(H,22,26)/t15-,16-,17+,18-/m1/s1. The molecule has 1 aromatic heterocycles. The molecule has 0 spiro atoms. The second-order valence-electron chi connectivity index (χ2n) is 8.84. The van der Waals surface area contributed by atoms with Crippen LogP contribution in [0.15, 0.2) is 17.6 Å². The molecule has 1 saturated carbocycles. The Morgan fingerprint density at radius 3 is 2.74 bits per heavy atom. The van der Waals surface area contributed by atoms with E-state index in [0.29, 0.717) is 12.8 Å². The highest BCUT2D eigenvalue weighted by Gasteiger charge is 2.44. The number of hydrogen-bond acceptors (Lipinski definition) is 7. The molecule has 0 radical (unpaired) electrons. The third kappa shape index (κ3) is 5.28. The summed E-state index contributed by atoms with van der Waals surface area (Å²) >= 11 is 0. The molecule has 4 rings (SSSR count). The normalized spacial score (nSPS) is 31.0. The molecular weight excluding hydrogens is 424 g/mol. The second-order valence-corrected chi connectivity index (χ2v) is 10.7. The minimum atomic E-state index is -3.91. The lowest BCUT2D eigenvalue weighted by Crippen LogP contribution is -2.57. The Bertz CT molecular complexity index is 869. The van der Waals surface area contributed by atoms with Crippen LogP contribution >= 0.6 is 0 Å². The first kappa shape index (κ1) is 22.7. The van der Waals surface area contributed by atoms with Crippen LogP contribution in [0.3, 0.4) is 0 Å². The molecule has 0 aromatic carbocycles. The quantitative estimate of drug-likeness (QED) is 0.647. The third-order valence-corrected chi connectivity index (χ3v) is 8.10. The van der Waals surface area contributed by atoms with Crippen LogP contribution in [0.1, 0.15) is 44.9 Å².